The zero-order valence-electron chi connectivity index (χ0n) is 14.8. The molecule has 8 heteroatoms. The first-order chi connectivity index (χ1) is 10.3. The normalized spacial score (nSPS) is 21.4. The molecule has 1 aliphatic rings. The fourth-order valence-corrected chi connectivity index (χ4v) is 3.44. The molecule has 138 valence electrons. The monoisotopic (exact) mass is 460 g/mol. The van der Waals surface area contributed by atoms with Crippen LogP contribution in [-0.4, -0.2) is 70.6 Å². The zero-order chi connectivity index (χ0) is 16.6. The van der Waals surface area contributed by atoms with E-state index >= 15 is 0 Å². The predicted octanol–water partition coefficient (Wildman–Crippen LogP) is 1.32. The van der Waals surface area contributed by atoms with Gasteiger partial charge in [-0.15, -0.1) is 24.0 Å². The Morgan fingerprint density at radius 2 is 2.13 bits per heavy atom. The van der Waals surface area contributed by atoms with Crippen molar-refractivity contribution in [2.75, 3.05) is 45.2 Å². The highest BCUT2D eigenvalue weighted by Gasteiger charge is 2.17. The number of hydrogen-bond donors (Lipinski definition) is 2. The number of sulfone groups is 1. The number of aliphatic imine (C=N–C) groups is 1. The third-order valence-corrected chi connectivity index (χ3v) is 4.86. The summed E-state index contributed by atoms with van der Waals surface area (Å²) in [6.45, 7) is 7.93. The predicted molar refractivity (Wildman–Crippen MR) is 109 cm³/mol. The van der Waals surface area contributed by atoms with Crippen molar-refractivity contribution in [3.05, 3.63) is 0 Å². The third kappa shape index (κ3) is 11.1. The van der Waals surface area contributed by atoms with Crippen LogP contribution in [0.3, 0.4) is 0 Å². The maximum Gasteiger partial charge on any atom is 0.191 e. The largest absolute Gasteiger partial charge is 0.357 e. The van der Waals surface area contributed by atoms with E-state index in [0.717, 1.165) is 25.6 Å². The second-order valence-electron chi connectivity index (χ2n) is 6.45. The molecule has 1 heterocycles. The van der Waals surface area contributed by atoms with Crippen LogP contribution in [0.4, 0.5) is 0 Å². The molecule has 6 nitrogen and oxygen atoms in total. The first-order valence-corrected chi connectivity index (χ1v) is 10.3. The van der Waals surface area contributed by atoms with Crippen molar-refractivity contribution in [1.29, 1.82) is 0 Å². The first kappa shape index (κ1) is 22.9. The van der Waals surface area contributed by atoms with Gasteiger partial charge in [0.2, 0.25) is 0 Å². The molecule has 1 rings (SSSR count). The Labute approximate surface area is 158 Å². The van der Waals surface area contributed by atoms with Crippen LogP contribution in [-0.2, 0) is 9.84 Å². The molecule has 0 aromatic carbocycles. The number of nitrogens with one attached hydrogen (secondary N) is 2. The van der Waals surface area contributed by atoms with Crippen LogP contribution in [0.25, 0.3) is 0 Å². The lowest BCUT2D eigenvalue weighted by Gasteiger charge is -2.28. The second-order valence-corrected chi connectivity index (χ2v) is 8.71. The van der Waals surface area contributed by atoms with Crippen molar-refractivity contribution in [2.45, 2.75) is 39.2 Å². The first-order valence-electron chi connectivity index (χ1n) is 8.21. The van der Waals surface area contributed by atoms with Gasteiger partial charge in [0.1, 0.15) is 9.84 Å². The summed E-state index contributed by atoms with van der Waals surface area (Å²) in [6, 6.07) is 0.0848. The van der Waals surface area contributed by atoms with Gasteiger partial charge < -0.3 is 15.5 Å². The molecule has 0 aromatic rings. The van der Waals surface area contributed by atoms with Gasteiger partial charge in [0.25, 0.3) is 0 Å². The van der Waals surface area contributed by atoms with E-state index in [2.05, 4.69) is 27.6 Å². The van der Waals surface area contributed by atoms with Crippen molar-refractivity contribution in [2.24, 2.45) is 10.9 Å². The molecule has 0 aliphatic carbocycles. The Morgan fingerprint density at radius 1 is 1.43 bits per heavy atom. The molecule has 0 spiro atoms. The molecule has 1 saturated heterocycles. The van der Waals surface area contributed by atoms with Crippen molar-refractivity contribution in [3.8, 4) is 0 Å². The lowest BCUT2D eigenvalue weighted by Crippen LogP contribution is -2.43. The summed E-state index contributed by atoms with van der Waals surface area (Å²) in [5, 5.41) is 6.54. The Kier molecular flexibility index (Phi) is 11.4. The van der Waals surface area contributed by atoms with E-state index in [-0.39, 0.29) is 35.8 Å². The maximum absolute atomic E-state index is 11.2. The van der Waals surface area contributed by atoms with E-state index in [9.17, 15) is 8.42 Å². The average Bonchev–Trinajstić information content (AvgIpc) is 2.42. The highest BCUT2D eigenvalue weighted by molar-refractivity contribution is 14.0. The van der Waals surface area contributed by atoms with Gasteiger partial charge in [-0.3, -0.25) is 4.99 Å². The molecule has 2 N–H and O–H groups in total. The molecule has 23 heavy (non-hydrogen) atoms. The van der Waals surface area contributed by atoms with Gasteiger partial charge >= 0.3 is 0 Å². The molecule has 0 aromatic heterocycles. The standard InChI is InChI=1S/C15H32N4O2S.HI/c1-5-16-15(18-13(2)8-10-22(4,20)21)17-11-14-7-6-9-19(3)12-14;/h13-14H,5-12H2,1-4H3,(H2,16,17,18);1H. The van der Waals surface area contributed by atoms with Crippen LogP contribution in [0.2, 0.25) is 0 Å². The summed E-state index contributed by atoms with van der Waals surface area (Å²) >= 11 is 0. The van der Waals surface area contributed by atoms with Crippen LogP contribution < -0.4 is 10.6 Å². The van der Waals surface area contributed by atoms with E-state index < -0.39 is 9.84 Å². The molecule has 2 unspecified atom stereocenters. The summed E-state index contributed by atoms with van der Waals surface area (Å²) in [6.07, 6.45) is 4.34. The van der Waals surface area contributed by atoms with Crippen molar-refractivity contribution < 1.29 is 8.42 Å². The van der Waals surface area contributed by atoms with Crippen LogP contribution in [0.5, 0.6) is 0 Å². The number of likely N-dealkylation sites (tertiary alicyclic amines) is 1. The quantitative estimate of drug-likeness (QED) is 0.341. The highest BCUT2D eigenvalue weighted by Crippen LogP contribution is 2.15. The number of rotatable bonds is 7. The van der Waals surface area contributed by atoms with Gasteiger partial charge in [-0.05, 0) is 52.6 Å². The molecule has 2 atom stereocenters. The maximum atomic E-state index is 11.2. The van der Waals surface area contributed by atoms with Crippen LogP contribution in [0.15, 0.2) is 4.99 Å². The molecular formula is C15H33IN4O2S. The number of guanidine groups is 1. The Hall–Kier alpha value is -0.0900. The molecular weight excluding hydrogens is 427 g/mol. The Morgan fingerprint density at radius 3 is 2.70 bits per heavy atom. The summed E-state index contributed by atoms with van der Waals surface area (Å²) < 4.78 is 22.5. The Bertz CT molecular complexity index is 456. The number of piperidine rings is 1. The van der Waals surface area contributed by atoms with Crippen LogP contribution in [0, 0.1) is 5.92 Å². The van der Waals surface area contributed by atoms with Crippen molar-refractivity contribution in [3.63, 3.8) is 0 Å². The summed E-state index contributed by atoms with van der Waals surface area (Å²) in [5.41, 5.74) is 0. The lowest BCUT2D eigenvalue weighted by molar-refractivity contribution is 0.214. The number of halogens is 1. The van der Waals surface area contributed by atoms with Gasteiger partial charge in [-0.25, -0.2) is 8.42 Å². The molecule has 1 aliphatic heterocycles. The SMILES string of the molecule is CCNC(=NCC1CCCN(C)C1)NC(C)CCS(C)(=O)=O.I. The van der Waals surface area contributed by atoms with Crippen molar-refractivity contribution >= 4 is 39.8 Å². The van der Waals surface area contributed by atoms with Crippen LogP contribution in [0.1, 0.15) is 33.1 Å². The zero-order valence-corrected chi connectivity index (χ0v) is 18.0. The summed E-state index contributed by atoms with van der Waals surface area (Å²) in [4.78, 5) is 7.03. The minimum absolute atomic E-state index is 0. The minimum Gasteiger partial charge on any atom is -0.357 e. The Balaban J connectivity index is 0.00000484. The van der Waals surface area contributed by atoms with E-state index in [1.165, 1.54) is 25.6 Å². The van der Waals surface area contributed by atoms with Gasteiger partial charge in [-0.2, -0.15) is 0 Å². The van der Waals surface area contributed by atoms with Gasteiger partial charge in [-0.1, -0.05) is 0 Å². The molecule has 1 fully saturated rings. The third-order valence-electron chi connectivity index (χ3n) is 3.88. The van der Waals surface area contributed by atoms with E-state index in [0.29, 0.717) is 12.3 Å². The van der Waals surface area contributed by atoms with Crippen molar-refractivity contribution in [1.82, 2.24) is 15.5 Å². The summed E-state index contributed by atoms with van der Waals surface area (Å²) in [5.74, 6) is 1.60. The molecule has 0 radical (unpaired) electrons. The van der Waals surface area contributed by atoms with E-state index in [1.807, 2.05) is 13.8 Å². The minimum atomic E-state index is -2.91. The average molecular weight is 460 g/mol. The van der Waals surface area contributed by atoms with E-state index in [1.54, 1.807) is 0 Å². The highest BCUT2D eigenvalue weighted by atomic mass is 127. The summed E-state index contributed by atoms with van der Waals surface area (Å²) in [7, 11) is -0.749. The fourth-order valence-electron chi connectivity index (χ4n) is 2.66. The molecule has 0 saturated carbocycles. The van der Waals surface area contributed by atoms with Crippen LogP contribution >= 0.6 is 24.0 Å². The fraction of sp³-hybridized carbons (Fsp3) is 0.933. The number of nitrogens with zero attached hydrogens (tertiary/aromatic N) is 2. The second kappa shape index (κ2) is 11.5. The molecule has 0 bridgehead atoms. The number of hydrogen-bond acceptors (Lipinski definition) is 4. The van der Waals surface area contributed by atoms with Gasteiger partial charge in [0.05, 0.1) is 5.75 Å². The van der Waals surface area contributed by atoms with Gasteiger partial charge in [0, 0.05) is 31.9 Å². The van der Waals surface area contributed by atoms with E-state index in [4.69, 9.17) is 0 Å². The van der Waals surface area contributed by atoms with Gasteiger partial charge in [0.15, 0.2) is 5.96 Å². The smallest absolute Gasteiger partial charge is 0.191 e. The lowest BCUT2D eigenvalue weighted by atomic mass is 9.99. The topological polar surface area (TPSA) is 73.8 Å². The molecule has 0 amide bonds.